The summed E-state index contributed by atoms with van der Waals surface area (Å²) in [4.78, 5) is 13.5. The predicted octanol–water partition coefficient (Wildman–Crippen LogP) is 1.59. The number of hydrogen-bond acceptors (Lipinski definition) is 3. The fourth-order valence-corrected chi connectivity index (χ4v) is 1.67. The third-order valence-corrected chi connectivity index (χ3v) is 2.70. The van der Waals surface area contributed by atoms with Gasteiger partial charge in [0.05, 0.1) is 0 Å². The molecular formula is C11H22N2O2. The molecule has 1 fully saturated rings. The first-order valence-electron chi connectivity index (χ1n) is 5.44. The molecule has 1 atom stereocenters. The lowest BCUT2D eigenvalue weighted by Crippen LogP contribution is -2.38. The molecule has 4 heteroatoms. The van der Waals surface area contributed by atoms with Crippen molar-refractivity contribution in [2.45, 2.75) is 39.7 Å². The summed E-state index contributed by atoms with van der Waals surface area (Å²) in [6.45, 7) is 9.82. The van der Waals surface area contributed by atoms with Gasteiger partial charge in [-0.2, -0.15) is 0 Å². The van der Waals surface area contributed by atoms with Crippen molar-refractivity contribution in [3.05, 3.63) is 0 Å². The smallest absolute Gasteiger partial charge is 0.410 e. The second kappa shape index (κ2) is 4.00. The molecule has 0 radical (unpaired) electrons. The zero-order valence-corrected chi connectivity index (χ0v) is 10.2. The zero-order valence-electron chi connectivity index (χ0n) is 10.2. The summed E-state index contributed by atoms with van der Waals surface area (Å²) in [6, 6.07) is 0. The van der Waals surface area contributed by atoms with Gasteiger partial charge in [-0.3, -0.25) is 0 Å². The lowest BCUT2D eigenvalue weighted by Gasteiger charge is -2.26. The lowest BCUT2D eigenvalue weighted by molar-refractivity contribution is 0.0277. The van der Waals surface area contributed by atoms with Crippen LogP contribution in [0.15, 0.2) is 0 Å². The van der Waals surface area contributed by atoms with Crippen LogP contribution in [-0.2, 0) is 4.74 Å². The summed E-state index contributed by atoms with van der Waals surface area (Å²) in [5.74, 6) is 0. The maximum absolute atomic E-state index is 11.7. The molecule has 15 heavy (non-hydrogen) atoms. The van der Waals surface area contributed by atoms with Crippen molar-refractivity contribution in [2.24, 2.45) is 11.1 Å². The van der Waals surface area contributed by atoms with E-state index >= 15 is 0 Å². The van der Waals surface area contributed by atoms with Crippen LogP contribution < -0.4 is 5.73 Å². The molecule has 0 aromatic rings. The SMILES string of the molecule is CC(C)(C)OC(=O)N1CC[C@](C)(CN)C1. The van der Waals surface area contributed by atoms with Crippen LogP contribution in [0.1, 0.15) is 34.1 Å². The lowest BCUT2D eigenvalue weighted by atomic mass is 9.90. The first kappa shape index (κ1) is 12.3. The molecule has 0 aromatic carbocycles. The summed E-state index contributed by atoms with van der Waals surface area (Å²) in [5, 5.41) is 0. The van der Waals surface area contributed by atoms with E-state index in [1.165, 1.54) is 0 Å². The average molecular weight is 214 g/mol. The molecular weight excluding hydrogens is 192 g/mol. The maximum atomic E-state index is 11.7. The van der Waals surface area contributed by atoms with Crippen molar-refractivity contribution in [3.63, 3.8) is 0 Å². The topological polar surface area (TPSA) is 55.6 Å². The van der Waals surface area contributed by atoms with Crippen LogP contribution in [0, 0.1) is 5.41 Å². The van der Waals surface area contributed by atoms with Crippen LogP contribution in [0.25, 0.3) is 0 Å². The molecule has 0 spiro atoms. The maximum Gasteiger partial charge on any atom is 0.410 e. The van der Waals surface area contributed by atoms with E-state index in [1.54, 1.807) is 4.90 Å². The van der Waals surface area contributed by atoms with Gasteiger partial charge in [0.15, 0.2) is 0 Å². The third-order valence-electron chi connectivity index (χ3n) is 2.70. The van der Waals surface area contributed by atoms with E-state index in [-0.39, 0.29) is 11.5 Å². The average Bonchev–Trinajstić information content (AvgIpc) is 2.46. The first-order valence-corrected chi connectivity index (χ1v) is 5.44. The minimum absolute atomic E-state index is 0.0664. The van der Waals surface area contributed by atoms with Crippen molar-refractivity contribution >= 4 is 6.09 Å². The summed E-state index contributed by atoms with van der Waals surface area (Å²) >= 11 is 0. The van der Waals surface area contributed by atoms with Crippen molar-refractivity contribution in [2.75, 3.05) is 19.6 Å². The van der Waals surface area contributed by atoms with E-state index < -0.39 is 5.60 Å². The number of likely N-dealkylation sites (tertiary alicyclic amines) is 1. The minimum Gasteiger partial charge on any atom is -0.444 e. The summed E-state index contributed by atoms with van der Waals surface area (Å²) in [6.07, 6.45) is 0.739. The Labute approximate surface area is 91.8 Å². The van der Waals surface area contributed by atoms with Crippen LogP contribution in [0.5, 0.6) is 0 Å². The van der Waals surface area contributed by atoms with Gasteiger partial charge in [-0.15, -0.1) is 0 Å². The van der Waals surface area contributed by atoms with E-state index in [4.69, 9.17) is 10.5 Å². The fourth-order valence-electron chi connectivity index (χ4n) is 1.67. The molecule has 0 bridgehead atoms. The molecule has 1 aliphatic rings. The fraction of sp³-hybridized carbons (Fsp3) is 0.909. The highest BCUT2D eigenvalue weighted by Gasteiger charge is 2.36. The molecule has 1 amide bonds. The molecule has 0 unspecified atom stereocenters. The molecule has 1 aliphatic heterocycles. The van der Waals surface area contributed by atoms with Gasteiger partial charge in [-0.05, 0) is 39.2 Å². The number of amides is 1. The Bertz CT molecular complexity index is 247. The van der Waals surface area contributed by atoms with Crippen LogP contribution >= 0.6 is 0 Å². The summed E-state index contributed by atoms with van der Waals surface area (Å²) in [7, 11) is 0. The van der Waals surface area contributed by atoms with Gasteiger partial charge in [-0.1, -0.05) is 6.92 Å². The Morgan fingerprint density at radius 1 is 1.53 bits per heavy atom. The van der Waals surface area contributed by atoms with Crippen LogP contribution in [-0.4, -0.2) is 36.2 Å². The Morgan fingerprint density at radius 2 is 2.13 bits per heavy atom. The standard InChI is InChI=1S/C11H22N2O2/c1-10(2,3)15-9(14)13-6-5-11(4,7-12)8-13/h5-8,12H2,1-4H3/t11-/m1/s1. The Morgan fingerprint density at radius 3 is 2.53 bits per heavy atom. The zero-order chi connectivity index (χ0) is 11.7. The molecule has 4 nitrogen and oxygen atoms in total. The summed E-state index contributed by atoms with van der Waals surface area (Å²) in [5.41, 5.74) is 5.33. The third kappa shape index (κ3) is 3.38. The first-order chi connectivity index (χ1) is 6.76. The number of hydrogen-bond donors (Lipinski definition) is 1. The van der Waals surface area contributed by atoms with E-state index in [9.17, 15) is 4.79 Å². The normalized spacial score (nSPS) is 26.9. The summed E-state index contributed by atoms with van der Waals surface area (Å²) < 4.78 is 5.31. The van der Waals surface area contributed by atoms with Crippen molar-refractivity contribution in [1.82, 2.24) is 4.90 Å². The van der Waals surface area contributed by atoms with Gasteiger partial charge in [0.25, 0.3) is 0 Å². The van der Waals surface area contributed by atoms with E-state index in [1.807, 2.05) is 20.8 Å². The molecule has 1 rings (SSSR count). The van der Waals surface area contributed by atoms with Gasteiger partial charge < -0.3 is 15.4 Å². The van der Waals surface area contributed by atoms with Gasteiger partial charge in [0.1, 0.15) is 5.60 Å². The van der Waals surface area contributed by atoms with Crippen molar-refractivity contribution < 1.29 is 9.53 Å². The Hall–Kier alpha value is -0.770. The quantitative estimate of drug-likeness (QED) is 0.721. The van der Waals surface area contributed by atoms with Crippen LogP contribution in [0.4, 0.5) is 4.79 Å². The van der Waals surface area contributed by atoms with Gasteiger partial charge in [-0.25, -0.2) is 4.79 Å². The van der Waals surface area contributed by atoms with E-state index in [0.29, 0.717) is 13.1 Å². The second-order valence-corrected chi connectivity index (χ2v) is 5.67. The number of rotatable bonds is 1. The highest BCUT2D eigenvalue weighted by molar-refractivity contribution is 5.68. The number of nitrogens with two attached hydrogens (primary N) is 1. The molecule has 88 valence electrons. The predicted molar refractivity (Wildman–Crippen MR) is 59.6 cm³/mol. The second-order valence-electron chi connectivity index (χ2n) is 5.67. The number of carbonyl (C=O) groups is 1. The van der Waals surface area contributed by atoms with Gasteiger partial charge in [0, 0.05) is 13.1 Å². The van der Waals surface area contributed by atoms with E-state index in [2.05, 4.69) is 6.92 Å². The number of nitrogens with zero attached hydrogens (tertiary/aromatic N) is 1. The Balaban J connectivity index is 2.51. The molecule has 2 N–H and O–H groups in total. The molecule has 1 heterocycles. The minimum atomic E-state index is -0.418. The van der Waals surface area contributed by atoms with Crippen molar-refractivity contribution in [1.29, 1.82) is 0 Å². The van der Waals surface area contributed by atoms with Gasteiger partial charge >= 0.3 is 6.09 Å². The molecule has 1 saturated heterocycles. The highest BCUT2D eigenvalue weighted by atomic mass is 16.6. The monoisotopic (exact) mass is 214 g/mol. The van der Waals surface area contributed by atoms with Gasteiger partial charge in [0.2, 0.25) is 0 Å². The van der Waals surface area contributed by atoms with Crippen LogP contribution in [0.3, 0.4) is 0 Å². The van der Waals surface area contributed by atoms with Crippen LogP contribution in [0.2, 0.25) is 0 Å². The molecule has 0 aliphatic carbocycles. The highest BCUT2D eigenvalue weighted by Crippen LogP contribution is 2.29. The largest absolute Gasteiger partial charge is 0.444 e. The molecule has 0 aromatic heterocycles. The Kier molecular flexibility index (Phi) is 3.28. The van der Waals surface area contributed by atoms with E-state index in [0.717, 1.165) is 13.0 Å². The van der Waals surface area contributed by atoms with Crippen molar-refractivity contribution in [3.8, 4) is 0 Å². The number of carbonyl (C=O) groups excluding carboxylic acids is 1. The number of ether oxygens (including phenoxy) is 1. The molecule has 0 saturated carbocycles.